The smallest absolute Gasteiger partial charge is 0.219 e. The highest BCUT2D eigenvalue weighted by Crippen LogP contribution is 2.12. The molecule has 1 amide bonds. The van der Waals surface area contributed by atoms with E-state index < -0.39 is 0 Å². The van der Waals surface area contributed by atoms with Crippen LogP contribution < -0.4 is 10.5 Å². The Morgan fingerprint density at radius 1 is 1.24 bits per heavy atom. The minimum absolute atomic E-state index is 0.156. The van der Waals surface area contributed by atoms with Gasteiger partial charge in [-0.05, 0) is 24.3 Å². The van der Waals surface area contributed by atoms with Crippen LogP contribution in [0.25, 0.3) is 0 Å². The van der Waals surface area contributed by atoms with Gasteiger partial charge in [0.1, 0.15) is 17.3 Å². The van der Waals surface area contributed by atoms with Crippen molar-refractivity contribution in [2.24, 2.45) is 5.73 Å². The Labute approximate surface area is 130 Å². The predicted molar refractivity (Wildman–Crippen MR) is 86.5 cm³/mol. The number of hydrogen-bond acceptors (Lipinski definition) is 4. The number of benzene rings is 1. The maximum atomic E-state index is 11.2. The number of nitrogens with zero attached hydrogens (tertiary/aromatic N) is 2. The van der Waals surface area contributed by atoms with Crippen LogP contribution >= 0.6 is 12.2 Å². The molecule has 6 heteroatoms. The molecule has 0 spiro atoms. The number of rotatable bonds is 5. The number of ether oxygens (including phenoxy) is 1. The molecule has 1 aromatic rings. The number of thiocarbonyl (C=S) groups is 1. The van der Waals surface area contributed by atoms with Gasteiger partial charge in [0.25, 0.3) is 0 Å². The summed E-state index contributed by atoms with van der Waals surface area (Å²) >= 11 is 4.91. The van der Waals surface area contributed by atoms with Gasteiger partial charge in [0.2, 0.25) is 5.91 Å². The van der Waals surface area contributed by atoms with Crippen LogP contribution in [-0.4, -0.2) is 60.0 Å². The summed E-state index contributed by atoms with van der Waals surface area (Å²) in [6, 6.07) is 7.48. The minimum atomic E-state index is 0.156. The van der Waals surface area contributed by atoms with Crippen molar-refractivity contribution in [3.63, 3.8) is 0 Å². The first-order valence-corrected chi connectivity index (χ1v) is 7.47. The molecular weight excluding hydrogens is 286 g/mol. The fourth-order valence-electron chi connectivity index (χ4n) is 2.29. The molecule has 0 bridgehead atoms. The van der Waals surface area contributed by atoms with E-state index in [0.29, 0.717) is 11.6 Å². The number of piperazine rings is 1. The molecule has 0 saturated carbocycles. The first-order valence-electron chi connectivity index (χ1n) is 7.07. The molecule has 114 valence electrons. The topological polar surface area (TPSA) is 58.8 Å². The molecule has 0 aliphatic carbocycles. The lowest BCUT2D eigenvalue weighted by Crippen LogP contribution is -2.48. The van der Waals surface area contributed by atoms with Crippen molar-refractivity contribution in [3.05, 3.63) is 29.8 Å². The van der Waals surface area contributed by atoms with Crippen LogP contribution in [0.5, 0.6) is 5.75 Å². The highest BCUT2D eigenvalue weighted by Gasteiger charge is 2.17. The highest BCUT2D eigenvalue weighted by molar-refractivity contribution is 7.80. The van der Waals surface area contributed by atoms with E-state index in [-0.39, 0.29) is 5.91 Å². The van der Waals surface area contributed by atoms with Gasteiger partial charge < -0.3 is 15.4 Å². The van der Waals surface area contributed by atoms with Gasteiger partial charge in [-0.25, -0.2) is 0 Å². The Morgan fingerprint density at radius 2 is 1.86 bits per heavy atom. The molecule has 2 N–H and O–H groups in total. The molecule has 2 rings (SSSR count). The van der Waals surface area contributed by atoms with E-state index in [9.17, 15) is 4.79 Å². The average Bonchev–Trinajstić information content (AvgIpc) is 2.48. The van der Waals surface area contributed by atoms with Crippen molar-refractivity contribution in [1.29, 1.82) is 0 Å². The van der Waals surface area contributed by atoms with Crippen LogP contribution in [0.4, 0.5) is 0 Å². The van der Waals surface area contributed by atoms with Gasteiger partial charge >= 0.3 is 0 Å². The number of carbonyl (C=O) groups is 1. The molecule has 0 unspecified atom stereocenters. The molecule has 0 radical (unpaired) electrons. The zero-order valence-corrected chi connectivity index (χ0v) is 13.1. The van der Waals surface area contributed by atoms with Gasteiger partial charge in [0.05, 0.1) is 0 Å². The summed E-state index contributed by atoms with van der Waals surface area (Å²) in [4.78, 5) is 15.8. The lowest BCUT2D eigenvalue weighted by atomic mass is 10.2. The number of carbonyl (C=O) groups excluding carboxylic acids is 1. The van der Waals surface area contributed by atoms with Gasteiger partial charge in [-0.3, -0.25) is 9.69 Å². The van der Waals surface area contributed by atoms with Crippen LogP contribution in [0.3, 0.4) is 0 Å². The lowest BCUT2D eigenvalue weighted by Gasteiger charge is -2.34. The van der Waals surface area contributed by atoms with E-state index in [1.165, 1.54) is 0 Å². The van der Waals surface area contributed by atoms with Crippen molar-refractivity contribution >= 4 is 23.1 Å². The third-order valence-corrected chi connectivity index (χ3v) is 3.87. The maximum Gasteiger partial charge on any atom is 0.219 e. The summed E-state index contributed by atoms with van der Waals surface area (Å²) in [6.45, 7) is 6.54. The predicted octanol–water partition coefficient (Wildman–Crippen LogP) is 0.864. The average molecular weight is 307 g/mol. The Bertz CT molecular complexity index is 496. The first-order chi connectivity index (χ1) is 10.1. The Morgan fingerprint density at radius 3 is 2.38 bits per heavy atom. The third-order valence-electron chi connectivity index (χ3n) is 3.63. The highest BCUT2D eigenvalue weighted by atomic mass is 32.1. The summed E-state index contributed by atoms with van der Waals surface area (Å²) in [5.74, 6) is 0.973. The van der Waals surface area contributed by atoms with Gasteiger partial charge in [-0.15, -0.1) is 0 Å². The van der Waals surface area contributed by atoms with Gasteiger partial charge in [0.15, 0.2) is 0 Å². The number of amides is 1. The molecule has 1 aromatic carbocycles. The van der Waals surface area contributed by atoms with Crippen molar-refractivity contribution < 1.29 is 9.53 Å². The van der Waals surface area contributed by atoms with Crippen LogP contribution in [0, 0.1) is 0 Å². The quantitative estimate of drug-likeness (QED) is 0.818. The zero-order chi connectivity index (χ0) is 15.2. The summed E-state index contributed by atoms with van der Waals surface area (Å²) in [5.41, 5.74) is 6.40. The number of hydrogen-bond donors (Lipinski definition) is 1. The maximum absolute atomic E-state index is 11.2. The van der Waals surface area contributed by atoms with Crippen molar-refractivity contribution in [1.82, 2.24) is 9.80 Å². The van der Waals surface area contributed by atoms with E-state index in [2.05, 4.69) is 4.90 Å². The lowest BCUT2D eigenvalue weighted by molar-refractivity contribution is -0.130. The number of nitrogens with two attached hydrogens (primary N) is 1. The summed E-state index contributed by atoms with van der Waals surface area (Å²) in [5, 5.41) is 0. The van der Waals surface area contributed by atoms with Crippen molar-refractivity contribution in [3.8, 4) is 5.75 Å². The van der Waals surface area contributed by atoms with E-state index >= 15 is 0 Å². The second kappa shape index (κ2) is 7.38. The molecular formula is C15H21N3O2S. The first kappa shape index (κ1) is 15.7. The van der Waals surface area contributed by atoms with Crippen LogP contribution in [0.2, 0.25) is 0 Å². The molecule has 1 saturated heterocycles. The Balaban J connectivity index is 1.70. The van der Waals surface area contributed by atoms with Crippen LogP contribution in [0.1, 0.15) is 12.5 Å². The SMILES string of the molecule is CC(=O)N1CCN(CCOc2ccc(C(N)=S)cc2)CC1. The Kier molecular flexibility index (Phi) is 5.52. The standard InChI is InChI=1S/C15H21N3O2S/c1-12(19)18-8-6-17(7-9-18)10-11-20-14-4-2-13(3-5-14)15(16)21/h2-5H,6-11H2,1H3,(H2,16,21). The normalized spacial score (nSPS) is 15.8. The van der Waals surface area contributed by atoms with Crippen LogP contribution in [0.15, 0.2) is 24.3 Å². The molecule has 1 aliphatic heterocycles. The van der Waals surface area contributed by atoms with E-state index in [0.717, 1.165) is 44.0 Å². The van der Waals surface area contributed by atoms with Gasteiger partial charge in [-0.2, -0.15) is 0 Å². The molecule has 1 aliphatic rings. The van der Waals surface area contributed by atoms with Crippen molar-refractivity contribution in [2.45, 2.75) is 6.92 Å². The van der Waals surface area contributed by atoms with Gasteiger partial charge in [-0.1, -0.05) is 12.2 Å². The molecule has 21 heavy (non-hydrogen) atoms. The second-order valence-electron chi connectivity index (χ2n) is 5.08. The second-order valence-corrected chi connectivity index (χ2v) is 5.52. The largest absolute Gasteiger partial charge is 0.492 e. The van der Waals surface area contributed by atoms with Gasteiger partial charge in [0, 0.05) is 45.2 Å². The van der Waals surface area contributed by atoms with E-state index in [4.69, 9.17) is 22.7 Å². The molecule has 0 atom stereocenters. The molecule has 1 heterocycles. The zero-order valence-electron chi connectivity index (χ0n) is 12.2. The van der Waals surface area contributed by atoms with Crippen molar-refractivity contribution in [2.75, 3.05) is 39.3 Å². The fourth-order valence-corrected chi connectivity index (χ4v) is 2.43. The van der Waals surface area contributed by atoms with E-state index in [1.54, 1.807) is 6.92 Å². The van der Waals surface area contributed by atoms with Crippen LogP contribution in [-0.2, 0) is 4.79 Å². The summed E-state index contributed by atoms with van der Waals surface area (Å²) in [7, 11) is 0. The monoisotopic (exact) mass is 307 g/mol. The Hall–Kier alpha value is -1.66. The molecule has 0 aromatic heterocycles. The summed E-state index contributed by atoms with van der Waals surface area (Å²) in [6.07, 6.45) is 0. The minimum Gasteiger partial charge on any atom is -0.492 e. The molecule has 5 nitrogen and oxygen atoms in total. The summed E-state index contributed by atoms with van der Waals surface area (Å²) < 4.78 is 5.71. The third kappa shape index (κ3) is 4.68. The molecule has 1 fully saturated rings. The fraction of sp³-hybridized carbons (Fsp3) is 0.467. The van der Waals surface area contributed by atoms with E-state index in [1.807, 2.05) is 29.2 Å².